The van der Waals surface area contributed by atoms with Crippen molar-refractivity contribution in [2.75, 3.05) is 17.0 Å². The van der Waals surface area contributed by atoms with Gasteiger partial charge >= 0.3 is 0 Å². The molecule has 0 bridgehead atoms. The smallest absolute Gasteiger partial charge is 0.0953 e. The van der Waals surface area contributed by atoms with Crippen LogP contribution in [0.4, 0.5) is 11.4 Å². The fourth-order valence-corrected chi connectivity index (χ4v) is 2.65. The van der Waals surface area contributed by atoms with Crippen molar-refractivity contribution >= 4 is 23.0 Å². The highest BCUT2D eigenvalue weighted by atomic mass is 35.5. The minimum atomic E-state index is 0.637. The molecule has 5 nitrogen and oxygen atoms in total. The van der Waals surface area contributed by atoms with E-state index in [9.17, 15) is 0 Å². The average Bonchev–Trinajstić information content (AvgIpc) is 3.27. The third-order valence-corrected chi connectivity index (χ3v) is 4.18. The van der Waals surface area contributed by atoms with E-state index in [0.717, 1.165) is 35.0 Å². The summed E-state index contributed by atoms with van der Waals surface area (Å²) in [6.07, 6.45) is 5.87. The Kier molecular flexibility index (Phi) is 3.34. The molecule has 6 heteroatoms. The molecule has 1 aliphatic carbocycles. The van der Waals surface area contributed by atoms with Gasteiger partial charge in [-0.05, 0) is 37.0 Å². The molecule has 0 spiro atoms. The Morgan fingerprint density at radius 3 is 2.91 bits per heavy atom. The van der Waals surface area contributed by atoms with E-state index in [1.165, 1.54) is 12.8 Å². The number of nitrogens with zero attached hydrogens (tertiary/aromatic N) is 3. The summed E-state index contributed by atoms with van der Waals surface area (Å²) in [6, 6.07) is 5.82. The quantitative estimate of drug-likeness (QED) is 0.835. The SMILES string of the molecule is Clc1c(C#Cc2ccnnc2)ccc2c1NNN2CC1CC1. The normalized spacial score (nSPS) is 15.8. The standard InChI is InChI=1S/C16H14ClN5/c17-15-13(4-3-11-7-8-18-19-9-11)5-6-14-16(15)20-21-22(14)10-12-1-2-12/h5-9,12,20-21H,1-2,10H2. The van der Waals surface area contributed by atoms with E-state index in [1.807, 2.05) is 18.2 Å². The minimum Gasteiger partial charge on any atom is -0.300 e. The van der Waals surface area contributed by atoms with Crippen LogP contribution < -0.4 is 16.0 Å². The van der Waals surface area contributed by atoms with Crippen LogP contribution in [0, 0.1) is 17.8 Å². The summed E-state index contributed by atoms with van der Waals surface area (Å²) >= 11 is 6.48. The van der Waals surface area contributed by atoms with Crippen molar-refractivity contribution in [3.8, 4) is 11.8 Å². The number of halogens is 1. The summed E-state index contributed by atoms with van der Waals surface area (Å²) < 4.78 is 0. The lowest BCUT2D eigenvalue weighted by Crippen LogP contribution is -2.37. The molecule has 4 rings (SSSR count). The molecule has 2 N–H and O–H groups in total. The fraction of sp³-hybridized carbons (Fsp3) is 0.250. The average molecular weight is 312 g/mol. The van der Waals surface area contributed by atoms with E-state index < -0.39 is 0 Å². The maximum atomic E-state index is 6.48. The first-order valence-electron chi connectivity index (χ1n) is 7.21. The molecule has 2 aromatic rings. The van der Waals surface area contributed by atoms with Crippen LogP contribution in [0.1, 0.15) is 24.0 Å². The summed E-state index contributed by atoms with van der Waals surface area (Å²) in [5, 5.41) is 10.3. The van der Waals surface area contributed by atoms with Gasteiger partial charge < -0.3 is 5.43 Å². The maximum Gasteiger partial charge on any atom is 0.0953 e. The second-order valence-electron chi connectivity index (χ2n) is 5.49. The van der Waals surface area contributed by atoms with Crippen molar-refractivity contribution < 1.29 is 0 Å². The van der Waals surface area contributed by atoms with Gasteiger partial charge in [-0.3, -0.25) is 5.01 Å². The van der Waals surface area contributed by atoms with Crippen LogP contribution in [0.3, 0.4) is 0 Å². The lowest BCUT2D eigenvalue weighted by molar-refractivity contribution is 0.674. The first-order chi connectivity index (χ1) is 10.8. The topological polar surface area (TPSA) is 53.1 Å². The molecule has 22 heavy (non-hydrogen) atoms. The van der Waals surface area contributed by atoms with Crippen molar-refractivity contribution in [1.82, 2.24) is 15.7 Å². The number of hydrazine groups is 2. The first kappa shape index (κ1) is 13.4. The molecule has 2 heterocycles. The number of aromatic nitrogens is 2. The highest BCUT2D eigenvalue weighted by Crippen LogP contribution is 2.40. The molecule has 1 fully saturated rings. The Labute approximate surface area is 133 Å². The van der Waals surface area contributed by atoms with Crippen molar-refractivity contribution in [2.24, 2.45) is 5.92 Å². The van der Waals surface area contributed by atoms with E-state index in [4.69, 9.17) is 11.6 Å². The van der Waals surface area contributed by atoms with Crippen LogP contribution in [0.25, 0.3) is 0 Å². The number of benzene rings is 1. The van der Waals surface area contributed by atoms with Gasteiger partial charge in [0.2, 0.25) is 0 Å². The lowest BCUT2D eigenvalue weighted by Gasteiger charge is -2.17. The van der Waals surface area contributed by atoms with Crippen molar-refractivity contribution in [3.63, 3.8) is 0 Å². The molecule has 0 radical (unpaired) electrons. The predicted molar refractivity (Wildman–Crippen MR) is 86.3 cm³/mol. The summed E-state index contributed by atoms with van der Waals surface area (Å²) in [7, 11) is 0. The van der Waals surface area contributed by atoms with Gasteiger partial charge in [0.15, 0.2) is 0 Å². The van der Waals surface area contributed by atoms with Crippen molar-refractivity contribution in [3.05, 3.63) is 46.7 Å². The van der Waals surface area contributed by atoms with Gasteiger partial charge in [-0.15, -0.1) is 5.53 Å². The number of hydrogen-bond donors (Lipinski definition) is 2. The van der Waals surface area contributed by atoms with Gasteiger partial charge in [0.1, 0.15) is 0 Å². The monoisotopic (exact) mass is 311 g/mol. The Bertz CT molecular complexity index is 761. The van der Waals surface area contributed by atoms with Crippen molar-refractivity contribution in [2.45, 2.75) is 12.8 Å². The number of anilines is 2. The van der Waals surface area contributed by atoms with Gasteiger partial charge in [0.25, 0.3) is 0 Å². The third kappa shape index (κ3) is 2.59. The van der Waals surface area contributed by atoms with E-state index in [0.29, 0.717) is 5.02 Å². The van der Waals surface area contributed by atoms with Crippen LogP contribution in [0.2, 0.25) is 5.02 Å². The Morgan fingerprint density at radius 2 is 2.14 bits per heavy atom. The molecule has 0 amide bonds. The van der Waals surface area contributed by atoms with Crippen LogP contribution >= 0.6 is 11.6 Å². The summed E-state index contributed by atoms with van der Waals surface area (Å²) in [5.41, 5.74) is 9.88. The zero-order chi connectivity index (χ0) is 14.9. The highest BCUT2D eigenvalue weighted by Gasteiger charge is 2.29. The second kappa shape index (κ2) is 5.48. The zero-order valence-corrected chi connectivity index (χ0v) is 12.6. The molecule has 2 aliphatic rings. The third-order valence-electron chi connectivity index (χ3n) is 3.79. The van der Waals surface area contributed by atoms with Crippen molar-refractivity contribution in [1.29, 1.82) is 0 Å². The number of hydrogen-bond acceptors (Lipinski definition) is 5. The summed E-state index contributed by atoms with van der Waals surface area (Å²) in [5.74, 6) is 6.93. The number of fused-ring (bicyclic) bond motifs is 1. The van der Waals surface area contributed by atoms with Crippen LogP contribution in [0.5, 0.6) is 0 Å². The Morgan fingerprint density at radius 1 is 1.23 bits per heavy atom. The molecular weight excluding hydrogens is 298 g/mol. The van der Waals surface area contributed by atoms with Gasteiger partial charge in [0, 0.05) is 17.7 Å². The van der Waals surface area contributed by atoms with Crippen LogP contribution in [-0.4, -0.2) is 16.7 Å². The van der Waals surface area contributed by atoms with Gasteiger partial charge in [-0.25, -0.2) is 0 Å². The molecule has 1 saturated carbocycles. The van der Waals surface area contributed by atoms with Gasteiger partial charge in [0.05, 0.1) is 28.8 Å². The van der Waals surface area contributed by atoms with Crippen LogP contribution in [0.15, 0.2) is 30.6 Å². The van der Waals surface area contributed by atoms with E-state index in [-0.39, 0.29) is 0 Å². The number of rotatable bonds is 2. The predicted octanol–water partition coefficient (Wildman–Crippen LogP) is 2.59. The molecule has 1 aliphatic heterocycles. The maximum absolute atomic E-state index is 6.48. The molecule has 0 unspecified atom stereocenters. The van der Waals surface area contributed by atoms with Gasteiger partial charge in [-0.2, -0.15) is 10.2 Å². The van der Waals surface area contributed by atoms with Gasteiger partial charge in [-0.1, -0.05) is 23.4 Å². The zero-order valence-electron chi connectivity index (χ0n) is 11.8. The highest BCUT2D eigenvalue weighted by molar-refractivity contribution is 6.35. The van der Waals surface area contributed by atoms with Crippen LogP contribution in [-0.2, 0) is 0 Å². The molecule has 1 aromatic carbocycles. The minimum absolute atomic E-state index is 0.637. The van der Waals surface area contributed by atoms with E-state index in [1.54, 1.807) is 12.4 Å². The number of nitrogens with one attached hydrogen (secondary N) is 2. The first-order valence-corrected chi connectivity index (χ1v) is 7.59. The molecule has 0 atom stereocenters. The second-order valence-corrected chi connectivity index (χ2v) is 5.87. The summed E-state index contributed by atoms with van der Waals surface area (Å²) in [4.78, 5) is 0. The fourth-order valence-electron chi connectivity index (χ4n) is 2.40. The Hall–Kier alpha value is -2.29. The molecule has 0 saturated heterocycles. The largest absolute Gasteiger partial charge is 0.300 e. The van der Waals surface area contributed by atoms with E-state index in [2.05, 4.69) is 38.0 Å². The molecular formula is C16H14ClN5. The molecule has 110 valence electrons. The lowest BCUT2D eigenvalue weighted by atomic mass is 10.1. The Balaban J connectivity index is 1.62. The molecule has 1 aromatic heterocycles. The van der Waals surface area contributed by atoms with E-state index >= 15 is 0 Å². The summed E-state index contributed by atoms with van der Waals surface area (Å²) in [6.45, 7) is 1.00.